The Bertz CT molecular complexity index is 2840. The van der Waals surface area contributed by atoms with Gasteiger partial charge in [0.05, 0.1) is 0 Å². The van der Waals surface area contributed by atoms with E-state index >= 15 is 0 Å². The van der Waals surface area contributed by atoms with Crippen molar-refractivity contribution in [2.45, 2.75) is 0 Å². The normalized spacial score (nSPS) is 11.7. The monoisotopic (exact) mass is 627 g/mol. The van der Waals surface area contributed by atoms with E-state index in [0.29, 0.717) is 0 Å². The highest BCUT2D eigenvalue weighted by Gasteiger charge is 2.18. The predicted octanol–water partition coefficient (Wildman–Crippen LogP) is 13.4. The van der Waals surface area contributed by atoms with E-state index in [9.17, 15) is 0 Å². The van der Waals surface area contributed by atoms with E-state index in [2.05, 4.69) is 157 Å². The van der Waals surface area contributed by atoms with Crippen LogP contribution in [0.25, 0.3) is 76.9 Å². The average Bonchev–Trinajstić information content (AvgIpc) is 3.73. The summed E-state index contributed by atoms with van der Waals surface area (Å²) in [6, 6.07) is 62.1. The van der Waals surface area contributed by atoms with E-state index in [1.807, 2.05) is 24.3 Å². The topological polar surface area (TPSA) is 29.5 Å². The van der Waals surface area contributed by atoms with Crippen LogP contribution < -0.4 is 4.90 Å². The van der Waals surface area contributed by atoms with Gasteiger partial charge in [-0.3, -0.25) is 0 Å². The van der Waals surface area contributed by atoms with Crippen molar-refractivity contribution in [2.24, 2.45) is 0 Å². The summed E-state index contributed by atoms with van der Waals surface area (Å²) < 4.78 is 12.6. The maximum atomic E-state index is 6.36. The molecule has 0 N–H and O–H groups in total. The summed E-state index contributed by atoms with van der Waals surface area (Å²) in [6.45, 7) is 0. The van der Waals surface area contributed by atoms with Gasteiger partial charge in [0.2, 0.25) is 0 Å². The lowest BCUT2D eigenvalue weighted by Crippen LogP contribution is -2.10. The Kier molecular flexibility index (Phi) is 6.18. The van der Waals surface area contributed by atoms with Crippen LogP contribution in [0.2, 0.25) is 0 Å². The van der Waals surface area contributed by atoms with Crippen molar-refractivity contribution in [3.05, 3.63) is 176 Å². The van der Waals surface area contributed by atoms with Gasteiger partial charge in [0.1, 0.15) is 22.3 Å². The first-order valence-electron chi connectivity index (χ1n) is 16.6. The minimum absolute atomic E-state index is 0.863. The summed E-state index contributed by atoms with van der Waals surface area (Å²) in [5, 5.41) is 6.97. The van der Waals surface area contributed by atoms with Crippen molar-refractivity contribution in [3.8, 4) is 22.3 Å². The number of fused-ring (bicyclic) bond motifs is 7. The van der Waals surface area contributed by atoms with Gasteiger partial charge in [0.25, 0.3) is 0 Å². The number of para-hydroxylation sites is 2. The molecule has 0 radical (unpaired) electrons. The molecule has 2 aromatic heterocycles. The lowest BCUT2D eigenvalue weighted by Gasteiger charge is -2.26. The molecule has 10 aromatic rings. The van der Waals surface area contributed by atoms with E-state index in [4.69, 9.17) is 8.83 Å². The summed E-state index contributed by atoms with van der Waals surface area (Å²) in [7, 11) is 0. The van der Waals surface area contributed by atoms with Gasteiger partial charge in [-0.2, -0.15) is 0 Å². The Hall–Kier alpha value is -6.58. The van der Waals surface area contributed by atoms with E-state index in [0.717, 1.165) is 72.1 Å². The van der Waals surface area contributed by atoms with Crippen molar-refractivity contribution < 1.29 is 8.83 Å². The molecule has 3 heteroatoms. The molecule has 8 aromatic carbocycles. The zero-order valence-electron chi connectivity index (χ0n) is 26.5. The van der Waals surface area contributed by atoms with Crippen molar-refractivity contribution in [2.75, 3.05) is 4.90 Å². The number of hydrogen-bond donors (Lipinski definition) is 0. The van der Waals surface area contributed by atoms with Crippen LogP contribution >= 0.6 is 0 Å². The molecule has 0 saturated carbocycles. The molecule has 0 atom stereocenters. The Labute approximate surface area is 282 Å². The molecular weight excluding hydrogens is 599 g/mol. The second-order valence-electron chi connectivity index (χ2n) is 12.6. The van der Waals surface area contributed by atoms with Crippen LogP contribution in [0.5, 0.6) is 0 Å². The summed E-state index contributed by atoms with van der Waals surface area (Å²) in [6.07, 6.45) is 0. The van der Waals surface area contributed by atoms with Gasteiger partial charge in [-0.1, -0.05) is 109 Å². The van der Waals surface area contributed by atoms with Crippen molar-refractivity contribution in [1.29, 1.82) is 0 Å². The third-order valence-corrected chi connectivity index (χ3v) is 9.65. The third kappa shape index (κ3) is 4.59. The molecular formula is C46H29NO2. The van der Waals surface area contributed by atoms with Crippen molar-refractivity contribution in [3.63, 3.8) is 0 Å². The smallest absolute Gasteiger partial charge is 0.137 e. The van der Waals surface area contributed by atoms with E-state index in [1.54, 1.807) is 0 Å². The molecule has 0 aliphatic rings. The second kappa shape index (κ2) is 11.0. The molecule has 0 aliphatic carbocycles. The Morgan fingerprint density at radius 3 is 1.84 bits per heavy atom. The maximum absolute atomic E-state index is 6.36. The van der Waals surface area contributed by atoms with Gasteiger partial charge < -0.3 is 13.7 Å². The first-order chi connectivity index (χ1) is 24.3. The van der Waals surface area contributed by atoms with Crippen LogP contribution in [0.1, 0.15) is 0 Å². The SMILES string of the molecule is c1cc(-c2cccc3oc4ccccc4c23)cc(N(c2ccc(-c3ccc4ccccc4c3)cc2)c2ccc3c(c2)oc2ccccc23)c1. The van der Waals surface area contributed by atoms with Gasteiger partial charge in [0, 0.05) is 44.7 Å². The van der Waals surface area contributed by atoms with E-state index in [1.165, 1.54) is 21.9 Å². The fraction of sp³-hybridized carbons (Fsp3) is 0. The van der Waals surface area contributed by atoms with Crippen LogP contribution in [0.4, 0.5) is 17.1 Å². The Morgan fingerprint density at radius 1 is 0.327 bits per heavy atom. The van der Waals surface area contributed by atoms with Crippen molar-refractivity contribution in [1.82, 2.24) is 0 Å². The summed E-state index contributed by atoms with van der Waals surface area (Å²) >= 11 is 0. The molecule has 0 bridgehead atoms. The van der Waals surface area contributed by atoms with Gasteiger partial charge in [-0.15, -0.1) is 0 Å². The molecule has 0 amide bonds. The maximum Gasteiger partial charge on any atom is 0.137 e. The van der Waals surface area contributed by atoms with E-state index < -0.39 is 0 Å². The van der Waals surface area contributed by atoms with Crippen LogP contribution in [0.3, 0.4) is 0 Å². The fourth-order valence-corrected chi connectivity index (χ4v) is 7.30. The number of anilines is 3. The number of benzene rings is 8. The molecule has 10 rings (SSSR count). The van der Waals surface area contributed by atoms with Gasteiger partial charge in [-0.25, -0.2) is 0 Å². The number of rotatable bonds is 5. The van der Waals surface area contributed by atoms with Crippen LogP contribution in [0.15, 0.2) is 185 Å². The highest BCUT2D eigenvalue weighted by molar-refractivity contribution is 6.12. The van der Waals surface area contributed by atoms with Crippen LogP contribution in [0, 0.1) is 0 Å². The second-order valence-corrected chi connectivity index (χ2v) is 12.6. The zero-order chi connectivity index (χ0) is 32.3. The van der Waals surface area contributed by atoms with Gasteiger partial charge in [-0.05, 0) is 93.7 Å². The van der Waals surface area contributed by atoms with Crippen LogP contribution in [-0.4, -0.2) is 0 Å². The lowest BCUT2D eigenvalue weighted by atomic mass is 9.98. The molecule has 0 fully saturated rings. The summed E-state index contributed by atoms with van der Waals surface area (Å²) in [5.74, 6) is 0. The molecule has 2 heterocycles. The Morgan fingerprint density at radius 2 is 0.959 bits per heavy atom. The lowest BCUT2D eigenvalue weighted by molar-refractivity contribution is 0.668. The minimum Gasteiger partial charge on any atom is -0.456 e. The predicted molar refractivity (Wildman–Crippen MR) is 204 cm³/mol. The van der Waals surface area contributed by atoms with E-state index in [-0.39, 0.29) is 0 Å². The summed E-state index contributed by atoms with van der Waals surface area (Å²) in [5.41, 5.74) is 11.3. The quantitative estimate of drug-likeness (QED) is 0.190. The molecule has 0 saturated heterocycles. The fourth-order valence-electron chi connectivity index (χ4n) is 7.30. The molecule has 3 nitrogen and oxygen atoms in total. The van der Waals surface area contributed by atoms with Crippen molar-refractivity contribution >= 4 is 71.7 Å². The number of furan rings is 2. The zero-order valence-corrected chi connectivity index (χ0v) is 26.5. The minimum atomic E-state index is 0.863. The van der Waals surface area contributed by atoms with Gasteiger partial charge >= 0.3 is 0 Å². The third-order valence-electron chi connectivity index (χ3n) is 9.65. The first kappa shape index (κ1) is 27.5. The van der Waals surface area contributed by atoms with Gasteiger partial charge in [0.15, 0.2) is 0 Å². The summed E-state index contributed by atoms with van der Waals surface area (Å²) in [4.78, 5) is 2.31. The molecule has 49 heavy (non-hydrogen) atoms. The number of hydrogen-bond acceptors (Lipinski definition) is 3. The molecule has 0 spiro atoms. The highest BCUT2D eigenvalue weighted by Crippen LogP contribution is 2.42. The molecule has 0 unspecified atom stereocenters. The Balaban J connectivity index is 1.13. The first-order valence-corrected chi connectivity index (χ1v) is 16.6. The average molecular weight is 628 g/mol. The standard InChI is InChI=1S/C46H29NO2/c1-2-10-32-27-33(20-19-30(32)9-1)31-21-23-35(24-22-31)47(37-25-26-40-39-13-3-5-16-42(39)49-45(40)29-37)36-12-7-11-34(28-36)38-15-8-18-44-46(38)41-14-4-6-17-43(41)48-44/h1-29H. The molecule has 0 aliphatic heterocycles. The highest BCUT2D eigenvalue weighted by atomic mass is 16.3. The largest absolute Gasteiger partial charge is 0.456 e. The number of nitrogens with zero attached hydrogens (tertiary/aromatic N) is 1. The van der Waals surface area contributed by atoms with Crippen LogP contribution in [-0.2, 0) is 0 Å². The molecule has 230 valence electrons.